The van der Waals surface area contributed by atoms with Crippen LogP contribution >= 0.6 is 0 Å². The van der Waals surface area contributed by atoms with Crippen LogP contribution in [0.2, 0.25) is 0 Å². The van der Waals surface area contributed by atoms with E-state index < -0.39 is 0 Å². The van der Waals surface area contributed by atoms with Crippen LogP contribution in [0.4, 0.5) is 0 Å². The van der Waals surface area contributed by atoms with Crippen molar-refractivity contribution in [3.63, 3.8) is 0 Å². The van der Waals surface area contributed by atoms with Crippen molar-refractivity contribution in [3.05, 3.63) is 0 Å². The van der Waals surface area contributed by atoms with E-state index in [1.54, 1.807) is 0 Å². The molecule has 0 spiro atoms. The Bertz CT molecular complexity index is 96.7. The summed E-state index contributed by atoms with van der Waals surface area (Å²) in [5, 5.41) is 7.64. The molecule has 0 bridgehead atoms. The van der Waals surface area contributed by atoms with Crippen molar-refractivity contribution in [1.82, 2.24) is 0 Å². The first-order chi connectivity index (χ1) is 2.77. The molecule has 5 heteroatoms. The van der Waals surface area contributed by atoms with Gasteiger partial charge in [-0.3, -0.25) is 0 Å². The number of nitriles is 1. The van der Waals surface area contributed by atoms with Crippen LogP contribution in [0.25, 0.3) is 0 Å². The van der Waals surface area contributed by atoms with E-state index in [0.29, 0.717) is 0 Å². The van der Waals surface area contributed by atoms with Crippen molar-refractivity contribution >= 4 is 35.5 Å². The third-order valence-corrected chi connectivity index (χ3v) is 0.179. The predicted molar refractivity (Wildman–Crippen MR) is 27.2 cm³/mol. The maximum absolute atomic E-state index is 7.64. The molecule has 0 aromatic heterocycles. The molecule has 0 fully saturated rings. The minimum absolute atomic E-state index is 0. The molecule has 0 atom stereocenters. The molecule has 7 heavy (non-hydrogen) atoms. The average Bonchev–Trinajstić information content (AvgIpc) is 1.35. The van der Waals surface area contributed by atoms with Gasteiger partial charge in [0.1, 0.15) is 0 Å². The summed E-state index contributed by atoms with van der Waals surface area (Å²) in [5.74, 6) is -0.197. The Morgan fingerprint density at radius 3 is 2.00 bits per heavy atom. The molecule has 0 aliphatic rings. The van der Waals surface area contributed by atoms with Crippen LogP contribution in [0.15, 0.2) is 4.99 Å². The van der Waals surface area contributed by atoms with E-state index in [0.717, 1.165) is 0 Å². The summed E-state index contributed by atoms with van der Waals surface area (Å²) >= 11 is 0. The minimum atomic E-state index is -0.197. The molecule has 0 aromatic rings. The van der Waals surface area contributed by atoms with E-state index in [9.17, 15) is 0 Å². The molecule has 4 N–H and O–H groups in total. The van der Waals surface area contributed by atoms with Crippen LogP contribution in [0.1, 0.15) is 0 Å². The number of aliphatic imine (C=N–C) groups is 1. The fraction of sp³-hybridized carbons (Fsp3) is 0. The molecular formula is C2H4N4Na. The molecule has 0 rings (SSSR count). The van der Waals surface area contributed by atoms with Crippen molar-refractivity contribution < 1.29 is 0 Å². The van der Waals surface area contributed by atoms with Crippen molar-refractivity contribution in [3.8, 4) is 6.19 Å². The number of nitrogens with two attached hydrogens (primary N) is 2. The molecule has 0 saturated carbocycles. The van der Waals surface area contributed by atoms with Crippen LogP contribution in [-0.2, 0) is 0 Å². The third-order valence-electron chi connectivity index (χ3n) is 0.179. The molecule has 1 radical (unpaired) electrons. The summed E-state index contributed by atoms with van der Waals surface area (Å²) in [4.78, 5) is 2.90. The summed E-state index contributed by atoms with van der Waals surface area (Å²) in [6.45, 7) is 0. The van der Waals surface area contributed by atoms with E-state index >= 15 is 0 Å². The molecule has 4 nitrogen and oxygen atoms in total. The van der Waals surface area contributed by atoms with Gasteiger partial charge in [-0.05, 0) is 0 Å². The zero-order chi connectivity index (χ0) is 4.99. The Labute approximate surface area is 63.5 Å². The molecule has 33 valence electrons. The largest absolute Gasteiger partial charge is 0.369 e. The molecule has 0 aliphatic heterocycles. The number of hydrogen-bond donors (Lipinski definition) is 2. The Kier molecular flexibility index (Phi) is 8.15. The third kappa shape index (κ3) is 10.7. The maximum Gasteiger partial charge on any atom is 0.209 e. The molecular weight excluding hydrogens is 103 g/mol. The summed E-state index contributed by atoms with van der Waals surface area (Å²) in [5.41, 5.74) is 9.42. The standard InChI is InChI=1S/C2H4N4.Na/c3-1-6-2(4)5;/h(H4,4,5,6);. The van der Waals surface area contributed by atoms with Gasteiger partial charge in [0.2, 0.25) is 12.2 Å². The van der Waals surface area contributed by atoms with E-state index in [4.69, 9.17) is 16.7 Å². The van der Waals surface area contributed by atoms with Gasteiger partial charge in [-0.15, -0.1) is 4.99 Å². The van der Waals surface area contributed by atoms with E-state index in [1.807, 2.05) is 0 Å². The van der Waals surface area contributed by atoms with Crippen LogP contribution in [0.5, 0.6) is 0 Å². The Balaban J connectivity index is 0. The minimum Gasteiger partial charge on any atom is -0.369 e. The number of guanidine groups is 1. The average molecular weight is 107 g/mol. The van der Waals surface area contributed by atoms with Crippen LogP contribution in [0.3, 0.4) is 0 Å². The zero-order valence-electron chi connectivity index (χ0n) is 4.05. The van der Waals surface area contributed by atoms with Crippen LogP contribution in [-0.4, -0.2) is 35.5 Å². The summed E-state index contributed by atoms with van der Waals surface area (Å²) in [6.07, 6.45) is 1.41. The second-order valence-corrected chi connectivity index (χ2v) is 0.637. The number of rotatable bonds is 0. The Morgan fingerprint density at radius 1 is 1.57 bits per heavy atom. The number of nitrogens with zero attached hydrogens (tertiary/aromatic N) is 2. The summed E-state index contributed by atoms with van der Waals surface area (Å²) in [6, 6.07) is 0. The monoisotopic (exact) mass is 107 g/mol. The van der Waals surface area contributed by atoms with Gasteiger partial charge < -0.3 is 11.5 Å². The number of hydrogen-bond acceptors (Lipinski definition) is 2. The van der Waals surface area contributed by atoms with Crippen LogP contribution in [0, 0.1) is 11.5 Å². The topological polar surface area (TPSA) is 88.2 Å². The van der Waals surface area contributed by atoms with E-state index in [1.165, 1.54) is 6.19 Å². The molecule has 0 saturated heterocycles. The van der Waals surface area contributed by atoms with Gasteiger partial charge in [0, 0.05) is 29.6 Å². The van der Waals surface area contributed by atoms with E-state index in [2.05, 4.69) is 4.99 Å². The second-order valence-electron chi connectivity index (χ2n) is 0.637. The summed E-state index contributed by atoms with van der Waals surface area (Å²) in [7, 11) is 0. The summed E-state index contributed by atoms with van der Waals surface area (Å²) < 4.78 is 0. The zero-order valence-corrected chi connectivity index (χ0v) is 6.05. The smallest absolute Gasteiger partial charge is 0.209 e. The van der Waals surface area contributed by atoms with Gasteiger partial charge in [-0.1, -0.05) is 0 Å². The molecule has 0 unspecified atom stereocenters. The van der Waals surface area contributed by atoms with E-state index in [-0.39, 0.29) is 35.5 Å². The predicted octanol–water partition coefficient (Wildman–Crippen LogP) is -1.64. The quantitative estimate of drug-likeness (QED) is 0.168. The fourth-order valence-electron chi connectivity index (χ4n) is 0.0577. The molecule has 0 aliphatic carbocycles. The van der Waals surface area contributed by atoms with Gasteiger partial charge in [0.25, 0.3) is 0 Å². The second kappa shape index (κ2) is 5.76. The van der Waals surface area contributed by atoms with Gasteiger partial charge in [-0.2, -0.15) is 5.26 Å². The fourth-order valence-corrected chi connectivity index (χ4v) is 0.0577. The normalized spacial score (nSPS) is 5.00. The van der Waals surface area contributed by atoms with Crippen LogP contribution < -0.4 is 11.5 Å². The Morgan fingerprint density at radius 2 is 2.00 bits per heavy atom. The van der Waals surface area contributed by atoms with Crippen molar-refractivity contribution in [1.29, 1.82) is 5.26 Å². The van der Waals surface area contributed by atoms with Crippen molar-refractivity contribution in [2.24, 2.45) is 16.5 Å². The van der Waals surface area contributed by atoms with Gasteiger partial charge in [-0.25, -0.2) is 0 Å². The molecule has 0 heterocycles. The first kappa shape index (κ1) is 9.90. The maximum atomic E-state index is 7.64. The van der Waals surface area contributed by atoms with Crippen molar-refractivity contribution in [2.45, 2.75) is 0 Å². The first-order valence-electron chi connectivity index (χ1n) is 1.25. The van der Waals surface area contributed by atoms with Gasteiger partial charge in [0.15, 0.2) is 0 Å². The SMILES string of the molecule is N#CN=C(N)N.[Na]. The van der Waals surface area contributed by atoms with Crippen molar-refractivity contribution in [2.75, 3.05) is 0 Å². The molecule has 0 amide bonds. The Hall–Kier alpha value is -0.240. The van der Waals surface area contributed by atoms with Gasteiger partial charge >= 0.3 is 0 Å². The first-order valence-corrected chi connectivity index (χ1v) is 1.25. The van der Waals surface area contributed by atoms with Gasteiger partial charge in [0.05, 0.1) is 0 Å². The molecule has 0 aromatic carbocycles.